The predicted octanol–water partition coefficient (Wildman–Crippen LogP) is 1.77. The molecular formula is C16H22O6. The highest BCUT2D eigenvalue weighted by molar-refractivity contribution is 6.05. The summed E-state index contributed by atoms with van der Waals surface area (Å²) in [6.07, 6.45) is -0.289. The molecule has 0 saturated carbocycles. The van der Waals surface area contributed by atoms with Gasteiger partial charge in [0.05, 0.1) is 18.8 Å². The largest absolute Gasteiger partial charge is 0.481 e. The van der Waals surface area contributed by atoms with Crippen LogP contribution in [0.25, 0.3) is 0 Å². The van der Waals surface area contributed by atoms with Crippen LogP contribution in [0, 0.1) is 11.3 Å². The molecule has 0 aromatic rings. The lowest BCUT2D eigenvalue weighted by Crippen LogP contribution is -2.37. The maximum absolute atomic E-state index is 12.4. The van der Waals surface area contributed by atoms with Crippen molar-refractivity contribution in [3.63, 3.8) is 0 Å². The first kappa shape index (κ1) is 16.5. The van der Waals surface area contributed by atoms with Crippen molar-refractivity contribution in [3.8, 4) is 0 Å². The van der Waals surface area contributed by atoms with E-state index in [-0.39, 0.29) is 30.0 Å². The summed E-state index contributed by atoms with van der Waals surface area (Å²) in [6, 6.07) is 0. The van der Waals surface area contributed by atoms with E-state index in [1.807, 2.05) is 13.8 Å². The van der Waals surface area contributed by atoms with Crippen LogP contribution < -0.4 is 0 Å². The SMILES string of the molecule is CCOC(=O)C1OC2=C(C(=O)CC(C)(C)C2)C1C(=O)OCC. The Morgan fingerprint density at radius 2 is 1.73 bits per heavy atom. The van der Waals surface area contributed by atoms with Crippen molar-refractivity contribution in [1.29, 1.82) is 0 Å². The molecule has 0 saturated heterocycles. The summed E-state index contributed by atoms with van der Waals surface area (Å²) in [5.74, 6) is -2.00. The summed E-state index contributed by atoms with van der Waals surface area (Å²) in [5.41, 5.74) is 0.0365. The molecule has 6 heteroatoms. The smallest absolute Gasteiger partial charge is 0.348 e. The maximum Gasteiger partial charge on any atom is 0.348 e. The lowest BCUT2D eigenvalue weighted by atomic mass is 9.74. The Morgan fingerprint density at radius 3 is 2.32 bits per heavy atom. The number of carbonyl (C=O) groups is 3. The van der Waals surface area contributed by atoms with Gasteiger partial charge in [-0.15, -0.1) is 0 Å². The van der Waals surface area contributed by atoms with Gasteiger partial charge in [-0.3, -0.25) is 9.59 Å². The fourth-order valence-corrected chi connectivity index (χ4v) is 2.98. The van der Waals surface area contributed by atoms with Crippen molar-refractivity contribution in [1.82, 2.24) is 0 Å². The summed E-state index contributed by atoms with van der Waals surface area (Å²) in [6.45, 7) is 7.61. The van der Waals surface area contributed by atoms with Crippen LogP contribution in [-0.4, -0.2) is 37.0 Å². The van der Waals surface area contributed by atoms with Crippen LogP contribution in [0.4, 0.5) is 0 Å². The zero-order valence-corrected chi connectivity index (χ0v) is 13.4. The molecule has 22 heavy (non-hydrogen) atoms. The van der Waals surface area contributed by atoms with Gasteiger partial charge in [-0.1, -0.05) is 13.8 Å². The van der Waals surface area contributed by atoms with E-state index in [0.29, 0.717) is 18.6 Å². The first-order valence-electron chi connectivity index (χ1n) is 7.57. The maximum atomic E-state index is 12.4. The molecule has 0 aromatic carbocycles. The minimum Gasteiger partial charge on any atom is -0.481 e. The standard InChI is InChI=1S/C16H22O6/c1-5-20-14(18)12-11-9(17)7-16(3,4)8-10(11)22-13(12)15(19)21-6-2/h12-13H,5-8H2,1-4H3. The molecule has 0 fully saturated rings. The Kier molecular flexibility index (Phi) is 4.58. The Balaban J connectivity index is 2.36. The highest BCUT2D eigenvalue weighted by Crippen LogP contribution is 2.45. The predicted molar refractivity (Wildman–Crippen MR) is 76.7 cm³/mol. The van der Waals surface area contributed by atoms with Gasteiger partial charge in [0, 0.05) is 12.8 Å². The van der Waals surface area contributed by atoms with Gasteiger partial charge < -0.3 is 14.2 Å². The first-order chi connectivity index (χ1) is 10.3. The van der Waals surface area contributed by atoms with E-state index in [1.54, 1.807) is 13.8 Å². The topological polar surface area (TPSA) is 78.9 Å². The van der Waals surface area contributed by atoms with E-state index < -0.39 is 24.0 Å². The second-order valence-electron chi connectivity index (χ2n) is 6.30. The van der Waals surface area contributed by atoms with Gasteiger partial charge in [0.2, 0.25) is 6.10 Å². The van der Waals surface area contributed by atoms with E-state index >= 15 is 0 Å². The van der Waals surface area contributed by atoms with Crippen LogP contribution in [0.5, 0.6) is 0 Å². The van der Waals surface area contributed by atoms with E-state index in [4.69, 9.17) is 14.2 Å². The van der Waals surface area contributed by atoms with Gasteiger partial charge in [0.25, 0.3) is 0 Å². The van der Waals surface area contributed by atoms with Gasteiger partial charge in [-0.05, 0) is 19.3 Å². The number of Topliss-reactive ketones (excluding diaryl/α,β-unsaturated/α-hetero) is 1. The van der Waals surface area contributed by atoms with Gasteiger partial charge in [0.15, 0.2) is 5.78 Å². The molecule has 0 N–H and O–H groups in total. The number of hydrogen-bond acceptors (Lipinski definition) is 6. The van der Waals surface area contributed by atoms with Crippen LogP contribution in [0.1, 0.15) is 40.5 Å². The lowest BCUT2D eigenvalue weighted by Gasteiger charge is -2.28. The van der Waals surface area contributed by atoms with E-state index in [0.717, 1.165) is 0 Å². The van der Waals surface area contributed by atoms with Crippen LogP contribution >= 0.6 is 0 Å². The Hall–Kier alpha value is -1.85. The monoisotopic (exact) mass is 310 g/mol. The number of ketones is 1. The van der Waals surface area contributed by atoms with Crippen molar-refractivity contribution in [2.45, 2.75) is 46.6 Å². The minimum absolute atomic E-state index is 0.156. The van der Waals surface area contributed by atoms with Crippen molar-refractivity contribution in [2.75, 3.05) is 13.2 Å². The molecule has 2 atom stereocenters. The fourth-order valence-electron chi connectivity index (χ4n) is 2.98. The quantitative estimate of drug-likeness (QED) is 0.736. The van der Waals surface area contributed by atoms with Crippen LogP contribution in [0.3, 0.4) is 0 Å². The average Bonchev–Trinajstić information content (AvgIpc) is 2.77. The summed E-state index contributed by atoms with van der Waals surface area (Å²) in [7, 11) is 0. The summed E-state index contributed by atoms with van der Waals surface area (Å²) < 4.78 is 15.6. The second-order valence-corrected chi connectivity index (χ2v) is 6.30. The molecule has 6 nitrogen and oxygen atoms in total. The number of allylic oxidation sites excluding steroid dienone is 1. The zero-order chi connectivity index (χ0) is 16.5. The molecule has 1 aliphatic heterocycles. The van der Waals surface area contributed by atoms with Gasteiger partial charge >= 0.3 is 11.9 Å². The molecule has 0 bridgehead atoms. The molecule has 2 unspecified atom stereocenters. The van der Waals surface area contributed by atoms with E-state index in [2.05, 4.69) is 0 Å². The average molecular weight is 310 g/mol. The highest BCUT2D eigenvalue weighted by Gasteiger charge is 2.52. The third kappa shape index (κ3) is 3.00. The summed E-state index contributed by atoms with van der Waals surface area (Å²) in [4.78, 5) is 36.8. The summed E-state index contributed by atoms with van der Waals surface area (Å²) in [5, 5.41) is 0. The Bertz CT molecular complexity index is 531. The van der Waals surface area contributed by atoms with E-state index in [1.165, 1.54) is 0 Å². The third-order valence-electron chi connectivity index (χ3n) is 3.82. The Labute approximate surface area is 129 Å². The molecule has 0 radical (unpaired) electrons. The van der Waals surface area contributed by atoms with E-state index in [9.17, 15) is 14.4 Å². The van der Waals surface area contributed by atoms with Gasteiger partial charge in [-0.2, -0.15) is 0 Å². The van der Waals surface area contributed by atoms with Crippen molar-refractivity contribution < 1.29 is 28.6 Å². The van der Waals surface area contributed by atoms with Crippen LogP contribution in [0.2, 0.25) is 0 Å². The van der Waals surface area contributed by atoms with Crippen LogP contribution in [0.15, 0.2) is 11.3 Å². The van der Waals surface area contributed by atoms with Crippen molar-refractivity contribution in [3.05, 3.63) is 11.3 Å². The number of esters is 2. The third-order valence-corrected chi connectivity index (χ3v) is 3.82. The molecule has 2 aliphatic rings. The summed E-state index contributed by atoms with van der Waals surface area (Å²) >= 11 is 0. The fraction of sp³-hybridized carbons (Fsp3) is 0.688. The lowest BCUT2D eigenvalue weighted by molar-refractivity contribution is -0.163. The molecule has 1 heterocycles. The number of carbonyl (C=O) groups excluding carboxylic acids is 3. The normalized spacial score (nSPS) is 26.3. The molecule has 0 spiro atoms. The molecular weight excluding hydrogens is 288 g/mol. The zero-order valence-electron chi connectivity index (χ0n) is 13.4. The van der Waals surface area contributed by atoms with Crippen molar-refractivity contribution >= 4 is 17.7 Å². The molecule has 0 aromatic heterocycles. The number of rotatable bonds is 4. The van der Waals surface area contributed by atoms with Crippen molar-refractivity contribution in [2.24, 2.45) is 11.3 Å². The molecule has 2 rings (SSSR count). The second kappa shape index (κ2) is 6.10. The van der Waals surface area contributed by atoms with Gasteiger partial charge in [0.1, 0.15) is 11.7 Å². The van der Waals surface area contributed by atoms with Crippen LogP contribution in [-0.2, 0) is 28.6 Å². The number of ether oxygens (including phenoxy) is 3. The minimum atomic E-state index is -1.12. The molecule has 1 aliphatic carbocycles. The highest BCUT2D eigenvalue weighted by atomic mass is 16.6. The number of hydrogen-bond donors (Lipinski definition) is 0. The Morgan fingerprint density at radius 1 is 1.14 bits per heavy atom. The first-order valence-corrected chi connectivity index (χ1v) is 7.57. The van der Waals surface area contributed by atoms with Gasteiger partial charge in [-0.25, -0.2) is 4.79 Å². The molecule has 122 valence electrons. The molecule has 0 amide bonds.